The van der Waals surface area contributed by atoms with Gasteiger partial charge in [0.15, 0.2) is 0 Å². The Morgan fingerprint density at radius 2 is 1.65 bits per heavy atom. The van der Waals surface area contributed by atoms with Gasteiger partial charge in [-0.15, -0.1) is 0 Å². The van der Waals surface area contributed by atoms with Gasteiger partial charge in [-0.3, -0.25) is 24.6 Å². The number of aliphatic carboxylic acids is 1. The molecule has 3 N–H and O–H groups in total. The molecule has 0 bridgehead atoms. The molecular weight excluding hydrogens is 580 g/mol. The minimum absolute atomic E-state index is 0.0650. The average Bonchev–Trinajstić information content (AvgIpc) is 3.40. The number of carboxylic acids is 1. The van der Waals surface area contributed by atoms with E-state index in [9.17, 15) is 36.7 Å². The lowest BCUT2D eigenvalue weighted by Crippen LogP contribution is -2.56. The summed E-state index contributed by atoms with van der Waals surface area (Å²) in [6.07, 6.45) is -5.08. The number of alkyl halides is 3. The highest BCUT2D eigenvalue weighted by atomic mass is 19.4. The van der Waals surface area contributed by atoms with Gasteiger partial charge in [0.2, 0.25) is 11.8 Å². The number of amides is 4. The Balaban J connectivity index is 0.000000646. The van der Waals surface area contributed by atoms with E-state index in [2.05, 4.69) is 10.6 Å². The second-order valence-electron chi connectivity index (χ2n) is 9.98. The minimum Gasteiger partial charge on any atom is -0.475 e. The van der Waals surface area contributed by atoms with Crippen LogP contribution in [0.15, 0.2) is 54.6 Å². The molecule has 43 heavy (non-hydrogen) atoms. The number of hydrogen-bond acceptors (Lipinski definition) is 7. The van der Waals surface area contributed by atoms with Gasteiger partial charge in [0.05, 0.1) is 25.5 Å². The van der Waals surface area contributed by atoms with Gasteiger partial charge in [0.25, 0.3) is 0 Å². The third kappa shape index (κ3) is 7.28. The highest BCUT2D eigenvalue weighted by Gasteiger charge is 2.66. The summed E-state index contributed by atoms with van der Waals surface area (Å²) >= 11 is 0. The number of urea groups is 1. The van der Waals surface area contributed by atoms with Crippen molar-refractivity contribution in [2.75, 3.05) is 25.5 Å². The van der Waals surface area contributed by atoms with Crippen LogP contribution in [0.1, 0.15) is 19.4 Å². The highest BCUT2D eigenvalue weighted by Crippen LogP contribution is 2.44. The van der Waals surface area contributed by atoms with Crippen molar-refractivity contribution in [1.82, 2.24) is 15.1 Å². The van der Waals surface area contributed by atoms with E-state index in [0.29, 0.717) is 12.2 Å². The Morgan fingerprint density at radius 3 is 2.16 bits per heavy atom. The van der Waals surface area contributed by atoms with Crippen LogP contribution in [-0.4, -0.2) is 82.6 Å². The van der Waals surface area contributed by atoms with Gasteiger partial charge in [0, 0.05) is 24.8 Å². The first kappa shape index (κ1) is 33.0. The van der Waals surface area contributed by atoms with Gasteiger partial charge in [-0.2, -0.15) is 13.2 Å². The zero-order chi connectivity index (χ0) is 32.1. The second-order valence-corrected chi connectivity index (χ2v) is 9.98. The molecule has 2 aliphatic rings. The van der Waals surface area contributed by atoms with Crippen molar-refractivity contribution in [3.63, 3.8) is 0 Å². The lowest BCUT2D eigenvalue weighted by Gasteiger charge is -2.30. The van der Waals surface area contributed by atoms with Crippen molar-refractivity contribution < 1.29 is 51.4 Å². The molecule has 2 aromatic rings. The SMILES string of the molecule is CCN(C[C@H]1N[C@@](C)(C(=O)OC)[C@H]2C(=O)N(Cc3ccccc3)C(=O)[C@@H]12)C(=O)Nc1ccc(F)cc1.O=C(O)C(F)(F)F. The summed E-state index contributed by atoms with van der Waals surface area (Å²) in [7, 11) is 1.23. The number of nitrogens with zero attached hydrogens (tertiary/aromatic N) is 2. The number of likely N-dealkylation sites (N-methyl/N-ethyl adjacent to an activating group) is 1. The number of esters is 1. The molecular formula is C28H30F4N4O7. The molecule has 0 unspecified atom stereocenters. The lowest BCUT2D eigenvalue weighted by atomic mass is 9.81. The summed E-state index contributed by atoms with van der Waals surface area (Å²) in [6.45, 7) is 3.79. The summed E-state index contributed by atoms with van der Waals surface area (Å²) in [5.41, 5.74) is -0.232. The molecule has 15 heteroatoms. The zero-order valence-corrected chi connectivity index (χ0v) is 23.4. The maximum absolute atomic E-state index is 13.5. The molecule has 4 rings (SSSR count). The Labute approximate surface area is 243 Å². The van der Waals surface area contributed by atoms with Gasteiger partial charge in [-0.1, -0.05) is 30.3 Å². The van der Waals surface area contributed by atoms with Crippen LogP contribution in [0.3, 0.4) is 0 Å². The monoisotopic (exact) mass is 610 g/mol. The van der Waals surface area contributed by atoms with Crippen LogP contribution in [0.5, 0.6) is 0 Å². The Hall–Kier alpha value is -4.53. The van der Waals surface area contributed by atoms with Crippen molar-refractivity contribution in [2.45, 2.75) is 38.1 Å². The molecule has 11 nitrogen and oxygen atoms in total. The number of methoxy groups -OCH3 is 1. The number of fused-ring (bicyclic) bond motifs is 1. The van der Waals surface area contributed by atoms with Crippen molar-refractivity contribution in [1.29, 1.82) is 0 Å². The topological polar surface area (TPSA) is 145 Å². The number of carboxylic acid groups (broad SMARTS) is 1. The predicted octanol–water partition coefficient (Wildman–Crippen LogP) is 3.02. The molecule has 0 aliphatic carbocycles. The molecule has 4 amide bonds. The molecule has 2 aromatic carbocycles. The summed E-state index contributed by atoms with van der Waals surface area (Å²) in [5, 5.41) is 13.0. The number of carbonyl (C=O) groups is 5. The minimum atomic E-state index is -5.08. The van der Waals surface area contributed by atoms with E-state index in [0.717, 1.165) is 5.56 Å². The van der Waals surface area contributed by atoms with E-state index in [-0.39, 0.29) is 13.1 Å². The van der Waals surface area contributed by atoms with Gasteiger partial charge >= 0.3 is 24.1 Å². The Kier molecular flexibility index (Phi) is 10.1. The first-order valence-electron chi connectivity index (χ1n) is 13.0. The summed E-state index contributed by atoms with van der Waals surface area (Å²) in [6, 6.07) is 13.4. The van der Waals surface area contributed by atoms with E-state index in [4.69, 9.17) is 14.6 Å². The largest absolute Gasteiger partial charge is 0.490 e. The predicted molar refractivity (Wildman–Crippen MR) is 143 cm³/mol. The number of carbonyl (C=O) groups excluding carboxylic acids is 4. The number of halogens is 4. The van der Waals surface area contributed by atoms with Crippen LogP contribution in [0.4, 0.5) is 28.0 Å². The maximum atomic E-state index is 13.5. The number of imide groups is 1. The standard InChI is InChI=1S/C26H29FN4O5.C2HF3O2/c1-4-30(25(35)28-18-12-10-17(27)11-13-18)15-19-20-21(26(2,29-19)24(34)36-3)23(33)31(22(20)32)14-16-8-6-5-7-9-16;3-2(4,5)1(6)7/h5-13,19-21,29H,4,14-15H2,1-3H3,(H,28,35);(H,6,7)/t19-,20+,21-,26-;/m1./s1. The molecule has 0 saturated carbocycles. The highest BCUT2D eigenvalue weighted by molar-refractivity contribution is 6.09. The van der Waals surface area contributed by atoms with Gasteiger partial charge < -0.3 is 20.1 Å². The molecule has 2 fully saturated rings. The fourth-order valence-corrected chi connectivity index (χ4v) is 5.14. The molecule has 232 valence electrons. The fourth-order valence-electron chi connectivity index (χ4n) is 5.14. The van der Waals surface area contributed by atoms with Crippen LogP contribution in [-0.2, 0) is 30.5 Å². The number of ether oxygens (including phenoxy) is 1. The Morgan fingerprint density at radius 1 is 1.07 bits per heavy atom. The second kappa shape index (κ2) is 13.2. The zero-order valence-electron chi connectivity index (χ0n) is 23.4. The van der Waals surface area contributed by atoms with Crippen molar-refractivity contribution in [2.24, 2.45) is 11.8 Å². The van der Waals surface area contributed by atoms with Crippen LogP contribution < -0.4 is 10.6 Å². The molecule has 2 heterocycles. The smallest absolute Gasteiger partial charge is 0.475 e. The first-order chi connectivity index (χ1) is 20.1. The van der Waals surface area contributed by atoms with Crippen molar-refractivity contribution in [3.05, 3.63) is 66.0 Å². The van der Waals surface area contributed by atoms with E-state index in [1.165, 1.54) is 41.2 Å². The van der Waals surface area contributed by atoms with Gasteiger partial charge in [-0.05, 0) is 43.7 Å². The van der Waals surface area contributed by atoms with Crippen LogP contribution >= 0.6 is 0 Å². The van der Waals surface area contributed by atoms with Crippen LogP contribution in [0.2, 0.25) is 0 Å². The third-order valence-electron chi connectivity index (χ3n) is 7.20. The van der Waals surface area contributed by atoms with Gasteiger partial charge in [-0.25, -0.2) is 14.0 Å². The Bertz CT molecular complexity index is 1360. The van der Waals surface area contributed by atoms with Crippen molar-refractivity contribution in [3.8, 4) is 0 Å². The third-order valence-corrected chi connectivity index (χ3v) is 7.20. The molecule has 4 atom stereocenters. The number of rotatable bonds is 7. The molecule has 2 aliphatic heterocycles. The maximum Gasteiger partial charge on any atom is 0.490 e. The van der Waals surface area contributed by atoms with Crippen LogP contribution in [0.25, 0.3) is 0 Å². The van der Waals surface area contributed by atoms with E-state index in [1.54, 1.807) is 13.8 Å². The van der Waals surface area contributed by atoms with Crippen molar-refractivity contribution >= 4 is 35.5 Å². The van der Waals surface area contributed by atoms with Gasteiger partial charge in [0.1, 0.15) is 11.4 Å². The molecule has 2 saturated heterocycles. The van der Waals surface area contributed by atoms with Crippen LogP contribution in [0, 0.1) is 17.7 Å². The molecule has 0 radical (unpaired) electrons. The van der Waals surface area contributed by atoms with E-state index >= 15 is 0 Å². The number of anilines is 1. The summed E-state index contributed by atoms with van der Waals surface area (Å²) < 4.78 is 49.9. The first-order valence-corrected chi connectivity index (χ1v) is 13.0. The summed E-state index contributed by atoms with van der Waals surface area (Å²) in [5.74, 6) is -6.49. The fraction of sp³-hybridized carbons (Fsp3) is 0.393. The lowest BCUT2D eigenvalue weighted by molar-refractivity contribution is -0.192. The molecule has 0 spiro atoms. The number of nitrogens with one attached hydrogen (secondary N) is 2. The number of benzene rings is 2. The quantitative estimate of drug-likeness (QED) is 0.247. The summed E-state index contributed by atoms with van der Waals surface area (Å²) in [4.78, 5) is 64.3. The molecule has 0 aromatic heterocycles. The number of hydrogen-bond donors (Lipinski definition) is 3. The normalized spacial score (nSPS) is 22.8. The van der Waals surface area contributed by atoms with E-state index in [1.807, 2.05) is 30.3 Å². The van der Waals surface area contributed by atoms with E-state index < -0.39 is 65.2 Å². The number of likely N-dealkylation sites (tertiary alicyclic amines) is 1. The average molecular weight is 611 g/mol.